The Morgan fingerprint density at radius 1 is 1.00 bits per heavy atom. The molecule has 3 rings (SSSR count). The summed E-state index contributed by atoms with van der Waals surface area (Å²) in [6, 6.07) is 17.6. The van der Waals surface area contributed by atoms with Crippen molar-refractivity contribution in [1.29, 1.82) is 0 Å². The van der Waals surface area contributed by atoms with Gasteiger partial charge in [-0.2, -0.15) is 0 Å². The monoisotopic (exact) mass is 270 g/mol. The van der Waals surface area contributed by atoms with E-state index in [1.807, 2.05) is 42.5 Å². The molecule has 0 bridgehead atoms. The third-order valence-corrected chi connectivity index (χ3v) is 5.46. The van der Waals surface area contributed by atoms with Crippen LogP contribution in [-0.4, -0.2) is 6.61 Å². The lowest BCUT2D eigenvalue weighted by Crippen LogP contribution is -2.01. The van der Waals surface area contributed by atoms with Gasteiger partial charge in [0.05, 0.1) is 6.61 Å². The quantitative estimate of drug-likeness (QED) is 0.772. The Bertz CT molecular complexity index is 657. The molecule has 0 fully saturated rings. The van der Waals surface area contributed by atoms with Crippen LogP contribution in [0.4, 0.5) is 0 Å². The summed E-state index contributed by atoms with van der Waals surface area (Å²) in [5, 5.41) is 0.761. The smallest absolute Gasteiger partial charge is 0.254 e. The van der Waals surface area contributed by atoms with Gasteiger partial charge >= 0.3 is 0 Å². The van der Waals surface area contributed by atoms with Crippen LogP contribution in [0.2, 0.25) is 0 Å². The van der Waals surface area contributed by atoms with Gasteiger partial charge in [0.1, 0.15) is 0 Å². The second kappa shape index (κ2) is 4.80. The molecule has 0 aliphatic carbocycles. The van der Waals surface area contributed by atoms with Crippen LogP contribution in [0.15, 0.2) is 60.4 Å². The second-order valence-electron chi connectivity index (χ2n) is 4.73. The lowest BCUT2D eigenvalue weighted by molar-refractivity contribution is 0.383. The first kappa shape index (κ1) is 12.4. The molecule has 0 saturated heterocycles. The second-order valence-corrected chi connectivity index (χ2v) is 6.95. The zero-order chi connectivity index (χ0) is 13.3. The largest absolute Gasteiger partial charge is 0.318 e. The zero-order valence-corrected chi connectivity index (χ0v) is 11.6. The fraction of sp³-hybridized carbons (Fsp3) is 0.125. The van der Waals surface area contributed by atoms with E-state index >= 15 is 0 Å². The van der Waals surface area contributed by atoms with Crippen molar-refractivity contribution < 1.29 is 9.09 Å². The summed E-state index contributed by atoms with van der Waals surface area (Å²) in [5.74, 6) is 1.80. The first-order chi connectivity index (χ1) is 9.17. The summed E-state index contributed by atoms with van der Waals surface area (Å²) < 4.78 is 18.4. The number of rotatable bonds is 2. The molecule has 3 heteroatoms. The van der Waals surface area contributed by atoms with Gasteiger partial charge in [0.25, 0.3) is 7.37 Å². The number of aryl methyl sites for hydroxylation is 1. The van der Waals surface area contributed by atoms with Crippen molar-refractivity contribution in [2.24, 2.45) is 0 Å². The van der Waals surface area contributed by atoms with Crippen molar-refractivity contribution in [2.45, 2.75) is 6.92 Å². The highest BCUT2D eigenvalue weighted by Crippen LogP contribution is 2.54. The van der Waals surface area contributed by atoms with Crippen LogP contribution in [0.3, 0.4) is 0 Å². The molecule has 1 atom stereocenters. The van der Waals surface area contributed by atoms with Crippen LogP contribution >= 0.6 is 7.37 Å². The van der Waals surface area contributed by atoms with E-state index < -0.39 is 7.37 Å². The maximum absolute atomic E-state index is 12.8. The minimum Gasteiger partial charge on any atom is -0.318 e. The van der Waals surface area contributed by atoms with Crippen molar-refractivity contribution in [3.05, 3.63) is 71.5 Å². The van der Waals surface area contributed by atoms with Crippen LogP contribution in [0.5, 0.6) is 0 Å². The Hall–Kier alpha value is -1.63. The SMILES string of the molecule is Cc1ccc(C2=CP(=O)(c3ccccc3)OC2)cc1. The molecule has 2 nitrogen and oxygen atoms in total. The van der Waals surface area contributed by atoms with E-state index in [1.165, 1.54) is 5.56 Å². The number of benzene rings is 2. The van der Waals surface area contributed by atoms with E-state index in [1.54, 1.807) is 5.82 Å². The number of hydrogen-bond donors (Lipinski definition) is 0. The normalized spacial score (nSPS) is 22.3. The molecule has 1 aliphatic heterocycles. The van der Waals surface area contributed by atoms with Crippen LogP contribution < -0.4 is 5.30 Å². The predicted octanol–water partition coefficient (Wildman–Crippen LogP) is 3.97. The van der Waals surface area contributed by atoms with E-state index in [2.05, 4.69) is 19.1 Å². The molecule has 1 aliphatic rings. The molecular formula is C16H15O2P. The van der Waals surface area contributed by atoms with Gasteiger partial charge in [-0.3, -0.25) is 4.57 Å². The molecule has 0 spiro atoms. The molecule has 0 amide bonds. The topological polar surface area (TPSA) is 26.3 Å². The first-order valence-electron chi connectivity index (χ1n) is 6.26. The Morgan fingerprint density at radius 2 is 1.68 bits per heavy atom. The molecule has 2 aromatic rings. The Kier molecular flexibility index (Phi) is 3.14. The average molecular weight is 270 g/mol. The van der Waals surface area contributed by atoms with E-state index in [-0.39, 0.29) is 0 Å². The summed E-state index contributed by atoms with van der Waals surface area (Å²) in [6.07, 6.45) is 0. The average Bonchev–Trinajstić information content (AvgIpc) is 2.85. The number of hydrogen-bond acceptors (Lipinski definition) is 2. The molecule has 96 valence electrons. The highest BCUT2D eigenvalue weighted by molar-refractivity contribution is 7.70. The fourth-order valence-electron chi connectivity index (χ4n) is 2.16. The van der Waals surface area contributed by atoms with Gasteiger partial charge < -0.3 is 4.52 Å². The molecule has 19 heavy (non-hydrogen) atoms. The third-order valence-electron chi connectivity index (χ3n) is 3.28. The van der Waals surface area contributed by atoms with Crippen LogP contribution in [0, 0.1) is 6.92 Å². The summed E-state index contributed by atoms with van der Waals surface area (Å²) in [4.78, 5) is 0. The molecule has 0 radical (unpaired) electrons. The lowest BCUT2D eigenvalue weighted by atomic mass is 10.1. The minimum atomic E-state index is -2.82. The summed E-state index contributed by atoms with van der Waals surface area (Å²) in [6.45, 7) is 2.47. The highest BCUT2D eigenvalue weighted by atomic mass is 31.2. The van der Waals surface area contributed by atoms with Crippen LogP contribution in [0.25, 0.3) is 5.57 Å². The molecular weight excluding hydrogens is 255 g/mol. The standard InChI is InChI=1S/C16H15O2P/c1-13-7-9-14(10-8-13)15-11-18-19(17,12-15)16-5-3-2-4-6-16/h2-10,12H,11H2,1H3. The van der Waals surface area contributed by atoms with Crippen molar-refractivity contribution in [3.8, 4) is 0 Å². The third kappa shape index (κ3) is 2.42. The van der Waals surface area contributed by atoms with E-state index in [0.717, 1.165) is 16.4 Å². The maximum Gasteiger partial charge on any atom is 0.254 e. The summed E-state index contributed by atoms with van der Waals surface area (Å²) >= 11 is 0. The molecule has 0 aromatic heterocycles. The van der Waals surface area contributed by atoms with E-state index in [9.17, 15) is 4.57 Å². The van der Waals surface area contributed by atoms with Crippen molar-refractivity contribution >= 4 is 18.2 Å². The van der Waals surface area contributed by atoms with E-state index in [4.69, 9.17) is 4.52 Å². The van der Waals surface area contributed by atoms with Crippen LogP contribution in [0.1, 0.15) is 11.1 Å². The molecule has 1 heterocycles. The van der Waals surface area contributed by atoms with Gasteiger partial charge in [0.2, 0.25) is 0 Å². The maximum atomic E-state index is 12.8. The predicted molar refractivity (Wildman–Crippen MR) is 78.8 cm³/mol. The molecule has 0 N–H and O–H groups in total. The van der Waals surface area contributed by atoms with Gasteiger partial charge in [0.15, 0.2) is 0 Å². The van der Waals surface area contributed by atoms with Gasteiger partial charge in [-0.15, -0.1) is 0 Å². The Labute approximate surface area is 113 Å². The fourth-order valence-corrected chi connectivity index (χ4v) is 4.08. The van der Waals surface area contributed by atoms with Crippen molar-refractivity contribution in [2.75, 3.05) is 6.61 Å². The van der Waals surface area contributed by atoms with Crippen molar-refractivity contribution in [1.82, 2.24) is 0 Å². The molecule has 2 aromatic carbocycles. The molecule has 0 saturated carbocycles. The van der Waals surface area contributed by atoms with Crippen LogP contribution in [-0.2, 0) is 9.09 Å². The first-order valence-corrected chi connectivity index (χ1v) is 7.95. The Morgan fingerprint density at radius 3 is 2.37 bits per heavy atom. The zero-order valence-electron chi connectivity index (χ0n) is 10.7. The van der Waals surface area contributed by atoms with Gasteiger partial charge in [-0.05, 0) is 30.2 Å². The highest BCUT2D eigenvalue weighted by Gasteiger charge is 2.30. The van der Waals surface area contributed by atoms with E-state index in [0.29, 0.717) is 6.61 Å². The van der Waals surface area contributed by atoms with Gasteiger partial charge in [0, 0.05) is 11.1 Å². The molecule has 1 unspecified atom stereocenters. The van der Waals surface area contributed by atoms with Crippen molar-refractivity contribution in [3.63, 3.8) is 0 Å². The minimum absolute atomic E-state index is 0.412. The Balaban J connectivity index is 1.97. The summed E-state index contributed by atoms with van der Waals surface area (Å²) in [7, 11) is -2.82. The van der Waals surface area contributed by atoms with Gasteiger partial charge in [-0.25, -0.2) is 0 Å². The summed E-state index contributed by atoms with van der Waals surface area (Å²) in [5.41, 5.74) is 3.31. The van der Waals surface area contributed by atoms with Gasteiger partial charge in [-0.1, -0.05) is 48.0 Å². The lowest BCUT2D eigenvalue weighted by Gasteiger charge is -2.08.